The minimum absolute atomic E-state index is 0.0500. The predicted octanol–water partition coefficient (Wildman–Crippen LogP) is 6.52. The van der Waals surface area contributed by atoms with Crippen LogP contribution in [0.15, 0.2) is 103 Å². The molecule has 4 atom stereocenters. The van der Waals surface area contributed by atoms with E-state index in [-0.39, 0.29) is 48.8 Å². The number of anilines is 3. The van der Waals surface area contributed by atoms with Crippen LogP contribution in [0.2, 0.25) is 18.6 Å². The maximum absolute atomic E-state index is 15.3. The fourth-order valence-electron chi connectivity index (χ4n) is 9.02. The molecule has 9 nitrogen and oxygen atoms in total. The molecule has 0 bridgehead atoms. The average Bonchev–Trinajstić information content (AvgIpc) is 3.61. The van der Waals surface area contributed by atoms with E-state index < -0.39 is 19.8 Å². The Bertz CT molecular complexity index is 1960. The van der Waals surface area contributed by atoms with Crippen LogP contribution in [-0.4, -0.2) is 68.7 Å². The molecule has 0 aromatic heterocycles. The second-order valence-corrected chi connectivity index (χ2v) is 19.8. The van der Waals surface area contributed by atoms with Crippen molar-refractivity contribution in [2.75, 3.05) is 36.6 Å². The highest BCUT2D eigenvalue weighted by molar-refractivity contribution is 6.91. The summed E-state index contributed by atoms with van der Waals surface area (Å²) in [5.41, 5.74) is 2.33. The van der Waals surface area contributed by atoms with Crippen LogP contribution in [-0.2, 0) is 31.3 Å². The van der Waals surface area contributed by atoms with E-state index in [2.05, 4.69) is 32.2 Å². The van der Waals surface area contributed by atoms with Gasteiger partial charge in [-0.25, -0.2) is 0 Å². The lowest BCUT2D eigenvalue weighted by Crippen LogP contribution is -2.52. The van der Waals surface area contributed by atoms with Crippen LogP contribution in [0, 0.1) is 5.92 Å². The smallest absolute Gasteiger partial charge is 0.268 e. The van der Waals surface area contributed by atoms with Crippen molar-refractivity contribution in [1.29, 1.82) is 0 Å². The van der Waals surface area contributed by atoms with Crippen molar-refractivity contribution < 1.29 is 29.0 Å². The molecule has 2 fully saturated rings. The second kappa shape index (κ2) is 14.9. The molecule has 0 saturated carbocycles. The highest BCUT2D eigenvalue weighted by atomic mass is 28.3. The van der Waals surface area contributed by atoms with E-state index in [1.54, 1.807) is 16.9 Å². The second-order valence-electron chi connectivity index (χ2n) is 15.1. The van der Waals surface area contributed by atoms with E-state index in [0.29, 0.717) is 19.5 Å². The quantitative estimate of drug-likeness (QED) is 0.177. The Balaban J connectivity index is 1.35. The number of methoxy groups -OCH3 is 1. The van der Waals surface area contributed by atoms with E-state index in [4.69, 9.17) is 9.47 Å². The van der Waals surface area contributed by atoms with E-state index in [0.717, 1.165) is 46.8 Å². The van der Waals surface area contributed by atoms with Gasteiger partial charge < -0.3 is 24.4 Å². The van der Waals surface area contributed by atoms with Crippen LogP contribution in [0.4, 0.5) is 17.1 Å². The van der Waals surface area contributed by atoms with Gasteiger partial charge in [-0.2, -0.15) is 0 Å². The average molecular weight is 732 g/mol. The summed E-state index contributed by atoms with van der Waals surface area (Å²) in [6.45, 7) is 7.69. The molecule has 4 aromatic rings. The van der Waals surface area contributed by atoms with Crippen molar-refractivity contribution in [3.05, 3.63) is 114 Å². The van der Waals surface area contributed by atoms with Gasteiger partial charge in [-0.05, 0) is 66.4 Å². The predicted molar refractivity (Wildman–Crippen MR) is 209 cm³/mol. The summed E-state index contributed by atoms with van der Waals surface area (Å²) in [6.07, 6.45) is 1.72. The molecule has 0 aliphatic carbocycles. The number of carbonyl (C=O) groups is 3. The van der Waals surface area contributed by atoms with Gasteiger partial charge in [0.05, 0.1) is 40.0 Å². The molecular formula is C43H49N3O6Si. The third-order valence-corrected chi connectivity index (χ3v) is 16.1. The van der Waals surface area contributed by atoms with Gasteiger partial charge in [0.25, 0.3) is 5.91 Å². The van der Waals surface area contributed by atoms with Crippen LogP contribution in [0.25, 0.3) is 0 Å². The van der Waals surface area contributed by atoms with Crippen molar-refractivity contribution in [3.8, 4) is 5.75 Å². The molecule has 53 heavy (non-hydrogen) atoms. The summed E-state index contributed by atoms with van der Waals surface area (Å²) in [6, 6.07) is 33.4. The van der Waals surface area contributed by atoms with Crippen LogP contribution < -0.4 is 19.7 Å². The Kier molecular flexibility index (Phi) is 10.3. The topological polar surface area (TPSA) is 99.6 Å². The largest absolute Gasteiger partial charge is 0.497 e. The molecule has 0 radical (unpaired) electrons. The number of aliphatic hydroxyl groups excluding tert-OH is 1. The first-order valence-electron chi connectivity index (χ1n) is 18.7. The number of hydrogen-bond donors (Lipinski definition) is 1. The van der Waals surface area contributed by atoms with Gasteiger partial charge in [-0.15, -0.1) is 0 Å². The number of fused-ring (bicyclic) bond motifs is 2. The summed E-state index contributed by atoms with van der Waals surface area (Å²) in [5.74, 6) is 0.170. The summed E-state index contributed by atoms with van der Waals surface area (Å²) >= 11 is 0. The summed E-state index contributed by atoms with van der Waals surface area (Å²) in [7, 11) is -0.891. The number of piperidine rings is 1. The third kappa shape index (κ3) is 6.57. The van der Waals surface area contributed by atoms with Crippen molar-refractivity contribution in [2.45, 2.75) is 69.5 Å². The van der Waals surface area contributed by atoms with Gasteiger partial charge in [-0.1, -0.05) is 85.9 Å². The molecule has 1 N–H and O–H groups in total. The van der Waals surface area contributed by atoms with Crippen LogP contribution in [0.5, 0.6) is 5.75 Å². The lowest BCUT2D eigenvalue weighted by Gasteiger charge is -2.37. The zero-order valence-corrected chi connectivity index (χ0v) is 32.0. The first-order chi connectivity index (χ1) is 25.6. The molecule has 3 aliphatic rings. The molecule has 1 spiro atoms. The lowest BCUT2D eigenvalue weighted by atomic mass is 9.82. The number of rotatable bonds is 11. The Morgan fingerprint density at radius 1 is 0.943 bits per heavy atom. The highest BCUT2D eigenvalue weighted by Gasteiger charge is 2.67. The van der Waals surface area contributed by atoms with Gasteiger partial charge in [0.1, 0.15) is 5.75 Å². The number of amides is 3. The van der Waals surface area contributed by atoms with Gasteiger partial charge >= 0.3 is 0 Å². The van der Waals surface area contributed by atoms with E-state index in [1.807, 2.05) is 95.9 Å². The Labute approximate surface area is 313 Å². The Morgan fingerprint density at radius 2 is 1.64 bits per heavy atom. The van der Waals surface area contributed by atoms with E-state index in [1.165, 1.54) is 5.19 Å². The number of benzene rings is 4. The number of carbonyl (C=O) groups excluding carboxylic acids is 3. The monoisotopic (exact) mass is 731 g/mol. The summed E-state index contributed by atoms with van der Waals surface area (Å²) < 4.78 is 12.8. The van der Waals surface area contributed by atoms with Gasteiger partial charge in [0.15, 0.2) is 5.60 Å². The Morgan fingerprint density at radius 3 is 2.30 bits per heavy atom. The molecule has 10 heteroatoms. The molecule has 2 saturated heterocycles. The van der Waals surface area contributed by atoms with Crippen LogP contribution >= 0.6 is 0 Å². The molecule has 7 rings (SSSR count). The molecule has 3 heterocycles. The minimum atomic E-state index is -2.54. The standard InChI is InChI=1S/C43H49N3O6Si/c1-30-41(53(3,4)35-21-19-34(51-2)20-22-35)38(28-40(49)44(25-26-47)29-31-13-7-5-8-14-31)52-43(30)36-27-33(45-24-12-11-17-39(45)48)18-23-37(36)46(42(43)50)32-15-9-6-10-16-32/h5-10,13-16,18-23,27,30,38,41,47H,11-12,17,24-26,28-29H2,1-4H3/t30-,38+,41-,43+/m1/s1. The molecule has 3 amide bonds. The maximum atomic E-state index is 15.3. The van der Waals surface area contributed by atoms with Crippen LogP contribution in [0.1, 0.15) is 43.7 Å². The lowest BCUT2D eigenvalue weighted by molar-refractivity contribution is -0.149. The SMILES string of the molecule is COc1ccc([Si](C)(C)[C@H]2[C@H](CC(=O)N(CCO)Cc3ccccc3)O[C@@]3(C(=O)N(c4ccccc4)c4ccc(N5CCCCC5=O)cc43)[C@@H]2C)cc1. The summed E-state index contributed by atoms with van der Waals surface area (Å²) in [4.78, 5) is 48.2. The van der Waals surface area contributed by atoms with Crippen molar-refractivity contribution in [1.82, 2.24) is 4.90 Å². The van der Waals surface area contributed by atoms with E-state index in [9.17, 15) is 14.7 Å². The molecule has 276 valence electrons. The van der Waals surface area contributed by atoms with Crippen molar-refractivity contribution >= 4 is 48.0 Å². The fourth-order valence-corrected chi connectivity index (χ4v) is 13.0. The van der Waals surface area contributed by atoms with Crippen molar-refractivity contribution in [2.24, 2.45) is 5.92 Å². The summed E-state index contributed by atoms with van der Waals surface area (Å²) in [5, 5.41) is 11.2. The third-order valence-electron chi connectivity index (χ3n) is 11.7. The Hall–Kier alpha value is -4.77. The van der Waals surface area contributed by atoms with Gasteiger partial charge in [-0.3, -0.25) is 19.3 Å². The van der Waals surface area contributed by atoms with Crippen molar-refractivity contribution in [3.63, 3.8) is 0 Å². The van der Waals surface area contributed by atoms with Crippen LogP contribution in [0.3, 0.4) is 0 Å². The number of para-hydroxylation sites is 1. The number of aliphatic hydroxyl groups is 1. The maximum Gasteiger partial charge on any atom is 0.268 e. The fraction of sp³-hybridized carbons (Fsp3) is 0.372. The van der Waals surface area contributed by atoms with Gasteiger partial charge in [0, 0.05) is 48.9 Å². The number of hydrogen-bond acceptors (Lipinski definition) is 6. The number of nitrogens with zero attached hydrogens (tertiary/aromatic N) is 3. The zero-order valence-electron chi connectivity index (χ0n) is 31.0. The normalized spacial score (nSPS) is 22.7. The number of ether oxygens (including phenoxy) is 2. The molecular weight excluding hydrogens is 683 g/mol. The molecule has 3 aliphatic heterocycles. The van der Waals surface area contributed by atoms with Gasteiger partial charge in [0.2, 0.25) is 11.8 Å². The first kappa shape index (κ1) is 36.6. The van der Waals surface area contributed by atoms with E-state index >= 15 is 4.79 Å². The molecule has 4 aromatic carbocycles. The first-order valence-corrected chi connectivity index (χ1v) is 21.8. The minimum Gasteiger partial charge on any atom is -0.497 e. The zero-order chi connectivity index (χ0) is 37.3. The highest BCUT2D eigenvalue weighted by Crippen LogP contribution is 2.61. The molecule has 0 unspecified atom stereocenters.